The van der Waals surface area contributed by atoms with E-state index >= 15 is 0 Å². The zero-order valence-electron chi connectivity index (χ0n) is 37.0. The lowest BCUT2D eigenvalue weighted by molar-refractivity contribution is 0.350. The van der Waals surface area contributed by atoms with Gasteiger partial charge in [0.15, 0.2) is 0 Å². The number of anilines is 3. The second kappa shape index (κ2) is 12.3. The number of ether oxygens (including phenoxy) is 1. The molecule has 5 aliphatic rings. The maximum Gasteiger partial charge on any atom is 0.132 e. The summed E-state index contributed by atoms with van der Waals surface area (Å²) in [5, 5.41) is 0. The summed E-state index contributed by atoms with van der Waals surface area (Å²) >= 11 is 0. The van der Waals surface area contributed by atoms with Crippen molar-refractivity contribution >= 4 is 17.1 Å². The molecule has 0 fully saturated rings. The Hall–Kier alpha value is -6.64. The molecule has 13 rings (SSSR count). The summed E-state index contributed by atoms with van der Waals surface area (Å²) in [5.74, 6) is 1.82. The van der Waals surface area contributed by atoms with Crippen molar-refractivity contribution in [2.45, 2.75) is 81.5 Å². The van der Waals surface area contributed by atoms with Crippen molar-refractivity contribution in [3.05, 3.63) is 232 Å². The Bertz CT molecular complexity index is 3230. The van der Waals surface area contributed by atoms with Crippen LogP contribution in [0.1, 0.15) is 110 Å². The van der Waals surface area contributed by atoms with Gasteiger partial charge in [0.05, 0.1) is 16.8 Å². The minimum absolute atomic E-state index is 0.0686. The Kier molecular flexibility index (Phi) is 7.21. The Morgan fingerprint density at radius 1 is 0.397 bits per heavy atom. The van der Waals surface area contributed by atoms with Gasteiger partial charge in [-0.25, -0.2) is 0 Å². The van der Waals surface area contributed by atoms with Gasteiger partial charge in [0, 0.05) is 33.2 Å². The third-order valence-electron chi connectivity index (χ3n) is 16.1. The fraction of sp³-hybridized carbons (Fsp3) is 0.213. The molecule has 2 nitrogen and oxygen atoms in total. The van der Waals surface area contributed by atoms with Gasteiger partial charge < -0.3 is 9.64 Å². The van der Waals surface area contributed by atoms with Crippen LogP contribution in [0.2, 0.25) is 0 Å². The fourth-order valence-corrected chi connectivity index (χ4v) is 13.9. The first-order chi connectivity index (χ1) is 30.5. The standard InChI is InChI=1S/C61H51NO/c1-57(2)36-60(45-24-12-11-23-44(45)57)37-58(3,4)56-49(60)28-18-30-52(56)62(51-29-17-27-48-55(51)41-20-8-9-21-42(41)59(48,5)6)38-33-34-40-39-19-7-10-22-43(39)61(50(40)35-38)46-25-13-15-31-53(46)63-54-32-16-14-26-47(54)61/h7-35H,36-37H2,1-6H3. The molecule has 4 aliphatic carbocycles. The van der Waals surface area contributed by atoms with Gasteiger partial charge >= 0.3 is 0 Å². The molecule has 0 bridgehead atoms. The summed E-state index contributed by atoms with van der Waals surface area (Å²) in [5.41, 5.74) is 21.7. The number of benzene rings is 8. The normalized spacial score (nSPS) is 19.8. The topological polar surface area (TPSA) is 12.5 Å². The van der Waals surface area contributed by atoms with Crippen LogP contribution in [-0.4, -0.2) is 0 Å². The number of nitrogens with zero attached hydrogens (tertiary/aromatic N) is 1. The van der Waals surface area contributed by atoms with Crippen LogP contribution in [0.4, 0.5) is 17.1 Å². The average molecular weight is 814 g/mol. The summed E-state index contributed by atoms with van der Waals surface area (Å²) < 4.78 is 6.76. The van der Waals surface area contributed by atoms with Crippen LogP contribution >= 0.6 is 0 Å². The van der Waals surface area contributed by atoms with Gasteiger partial charge in [0.25, 0.3) is 0 Å². The van der Waals surface area contributed by atoms with Crippen LogP contribution in [0, 0.1) is 0 Å². The van der Waals surface area contributed by atoms with Crippen molar-refractivity contribution in [3.8, 4) is 33.8 Å². The average Bonchev–Trinajstić information content (AvgIpc) is 3.89. The molecule has 0 saturated carbocycles. The lowest BCUT2D eigenvalue weighted by atomic mass is 9.66. The molecule has 1 atom stereocenters. The van der Waals surface area contributed by atoms with E-state index in [-0.39, 0.29) is 21.7 Å². The number of rotatable bonds is 3. The number of hydrogen-bond donors (Lipinski definition) is 0. The monoisotopic (exact) mass is 813 g/mol. The van der Waals surface area contributed by atoms with E-state index in [9.17, 15) is 0 Å². The van der Waals surface area contributed by atoms with Gasteiger partial charge in [-0.15, -0.1) is 0 Å². The first-order valence-electron chi connectivity index (χ1n) is 22.9. The minimum Gasteiger partial charge on any atom is -0.457 e. The first-order valence-corrected chi connectivity index (χ1v) is 22.9. The number of hydrogen-bond acceptors (Lipinski definition) is 2. The highest BCUT2D eigenvalue weighted by molar-refractivity contribution is 5.97. The molecule has 0 radical (unpaired) electrons. The third-order valence-corrected chi connectivity index (χ3v) is 16.1. The van der Waals surface area contributed by atoms with Crippen LogP contribution in [-0.2, 0) is 27.1 Å². The number of fused-ring (bicyclic) bond motifs is 16. The smallest absolute Gasteiger partial charge is 0.132 e. The van der Waals surface area contributed by atoms with Gasteiger partial charge in [-0.2, -0.15) is 0 Å². The molecule has 2 heteroatoms. The second-order valence-corrected chi connectivity index (χ2v) is 20.8. The van der Waals surface area contributed by atoms with E-state index in [1.807, 2.05) is 0 Å². The van der Waals surface area contributed by atoms with E-state index in [1.54, 1.807) is 0 Å². The Labute approximate surface area is 371 Å². The van der Waals surface area contributed by atoms with Gasteiger partial charge in [-0.1, -0.05) is 181 Å². The largest absolute Gasteiger partial charge is 0.457 e. The maximum atomic E-state index is 6.76. The van der Waals surface area contributed by atoms with E-state index in [4.69, 9.17) is 4.74 Å². The molecule has 0 saturated heterocycles. The van der Waals surface area contributed by atoms with Crippen molar-refractivity contribution in [2.75, 3.05) is 4.90 Å². The molecular weight excluding hydrogens is 763 g/mol. The molecule has 0 N–H and O–H groups in total. The quantitative estimate of drug-likeness (QED) is 0.176. The van der Waals surface area contributed by atoms with Crippen LogP contribution < -0.4 is 9.64 Å². The van der Waals surface area contributed by atoms with E-state index in [1.165, 1.54) is 89.3 Å². The third kappa shape index (κ3) is 4.59. The van der Waals surface area contributed by atoms with Gasteiger partial charge in [0.1, 0.15) is 11.5 Å². The van der Waals surface area contributed by atoms with Gasteiger partial charge in [0.2, 0.25) is 0 Å². The van der Waals surface area contributed by atoms with Gasteiger partial charge in [-0.05, 0) is 121 Å². The van der Waals surface area contributed by atoms with Crippen LogP contribution in [0.3, 0.4) is 0 Å². The predicted octanol–water partition coefficient (Wildman–Crippen LogP) is 15.6. The van der Waals surface area contributed by atoms with E-state index in [0.29, 0.717) is 0 Å². The Morgan fingerprint density at radius 2 is 0.921 bits per heavy atom. The summed E-state index contributed by atoms with van der Waals surface area (Å²) in [6.45, 7) is 14.7. The first kappa shape index (κ1) is 37.0. The Balaban J connectivity index is 1.13. The van der Waals surface area contributed by atoms with Crippen molar-refractivity contribution in [3.63, 3.8) is 0 Å². The van der Waals surface area contributed by atoms with Crippen molar-refractivity contribution in [2.24, 2.45) is 0 Å². The van der Waals surface area contributed by atoms with Crippen LogP contribution in [0.5, 0.6) is 11.5 Å². The molecule has 1 aliphatic heterocycles. The molecule has 1 heterocycles. The summed E-state index contributed by atoms with van der Waals surface area (Å²) in [6, 6.07) is 66.6. The molecule has 0 aromatic heterocycles. The minimum atomic E-state index is -0.576. The summed E-state index contributed by atoms with van der Waals surface area (Å²) in [4.78, 5) is 2.66. The summed E-state index contributed by atoms with van der Waals surface area (Å²) in [7, 11) is 0. The van der Waals surface area contributed by atoms with Crippen molar-refractivity contribution < 1.29 is 4.74 Å². The SMILES string of the molecule is CC1(C)CC2(CC(C)(C)c3c(N(c4ccc5c(c4)C4(c6ccccc6Oc6ccccc64)c4ccccc4-5)c4cccc5c4-c4ccccc4C5(C)C)cccc32)c2ccccc21. The highest BCUT2D eigenvalue weighted by Crippen LogP contribution is 2.67. The lowest BCUT2D eigenvalue weighted by Gasteiger charge is -2.40. The zero-order chi connectivity index (χ0) is 42.7. The van der Waals surface area contributed by atoms with Crippen molar-refractivity contribution in [1.82, 2.24) is 0 Å². The zero-order valence-corrected chi connectivity index (χ0v) is 37.0. The van der Waals surface area contributed by atoms with Crippen LogP contribution in [0.15, 0.2) is 176 Å². The number of para-hydroxylation sites is 2. The molecule has 1 unspecified atom stereocenters. The molecule has 0 amide bonds. The highest BCUT2D eigenvalue weighted by Gasteiger charge is 2.57. The molecular formula is C61H51NO. The second-order valence-electron chi connectivity index (χ2n) is 20.8. The molecule has 63 heavy (non-hydrogen) atoms. The maximum absolute atomic E-state index is 6.76. The molecule has 8 aromatic carbocycles. The molecule has 8 aromatic rings. The van der Waals surface area contributed by atoms with Crippen LogP contribution in [0.25, 0.3) is 22.3 Å². The van der Waals surface area contributed by atoms with E-state index in [2.05, 4.69) is 222 Å². The van der Waals surface area contributed by atoms with Gasteiger partial charge in [-0.3, -0.25) is 0 Å². The van der Waals surface area contributed by atoms with E-state index < -0.39 is 5.41 Å². The lowest BCUT2D eigenvalue weighted by Crippen LogP contribution is -2.32. The summed E-state index contributed by atoms with van der Waals surface area (Å²) in [6.07, 6.45) is 2.17. The Morgan fingerprint density at radius 3 is 1.63 bits per heavy atom. The fourth-order valence-electron chi connectivity index (χ4n) is 13.9. The predicted molar refractivity (Wildman–Crippen MR) is 259 cm³/mol. The van der Waals surface area contributed by atoms with E-state index in [0.717, 1.165) is 30.0 Å². The molecule has 306 valence electrons. The van der Waals surface area contributed by atoms with Crippen molar-refractivity contribution in [1.29, 1.82) is 0 Å². The highest BCUT2D eigenvalue weighted by atomic mass is 16.5. The molecule has 2 spiro atoms.